The van der Waals surface area contributed by atoms with E-state index in [-0.39, 0.29) is 23.4 Å². The SMILES string of the molecule is COC(=O)CC(NC(=O)c1ccc(-n2ccnc2)c([N+](=O)[O-])c1)c1ccc(OC)c(OC)c1. The second-order valence-corrected chi connectivity index (χ2v) is 6.85. The average Bonchev–Trinajstić information content (AvgIpc) is 3.37. The van der Waals surface area contributed by atoms with Crippen LogP contribution in [0.4, 0.5) is 5.69 Å². The third-order valence-corrected chi connectivity index (χ3v) is 4.93. The Balaban J connectivity index is 1.93. The van der Waals surface area contributed by atoms with Gasteiger partial charge in [0.05, 0.1) is 45.0 Å². The first-order valence-corrected chi connectivity index (χ1v) is 9.74. The lowest BCUT2D eigenvalue weighted by Gasteiger charge is -2.20. The Bertz CT molecular complexity index is 1160. The zero-order chi connectivity index (χ0) is 24.0. The van der Waals surface area contributed by atoms with Crippen LogP contribution in [-0.2, 0) is 9.53 Å². The van der Waals surface area contributed by atoms with Gasteiger partial charge in [0.2, 0.25) is 0 Å². The quantitative estimate of drug-likeness (QED) is 0.296. The van der Waals surface area contributed by atoms with Gasteiger partial charge in [-0.05, 0) is 29.8 Å². The summed E-state index contributed by atoms with van der Waals surface area (Å²) < 4.78 is 16.8. The van der Waals surface area contributed by atoms with E-state index in [1.54, 1.807) is 24.4 Å². The zero-order valence-electron chi connectivity index (χ0n) is 18.2. The Kier molecular flexibility index (Phi) is 7.24. The highest BCUT2D eigenvalue weighted by atomic mass is 16.6. The molecule has 2 aromatic carbocycles. The maximum absolute atomic E-state index is 13.0. The van der Waals surface area contributed by atoms with Crippen LogP contribution >= 0.6 is 0 Å². The maximum Gasteiger partial charge on any atom is 0.307 e. The molecule has 1 unspecified atom stereocenters. The Hall–Kier alpha value is -4.41. The Morgan fingerprint density at radius 1 is 1.12 bits per heavy atom. The molecule has 1 heterocycles. The predicted molar refractivity (Wildman–Crippen MR) is 117 cm³/mol. The van der Waals surface area contributed by atoms with Crippen LogP contribution in [0.2, 0.25) is 0 Å². The Morgan fingerprint density at radius 3 is 2.48 bits per heavy atom. The number of nitrogens with one attached hydrogen (secondary N) is 1. The third kappa shape index (κ3) is 5.26. The highest BCUT2D eigenvalue weighted by Crippen LogP contribution is 2.31. The maximum atomic E-state index is 13.0. The summed E-state index contributed by atoms with van der Waals surface area (Å²) in [5.74, 6) is -0.245. The summed E-state index contributed by atoms with van der Waals surface area (Å²) in [5.41, 5.74) is 0.619. The second kappa shape index (κ2) is 10.3. The number of nitrogens with zero attached hydrogens (tertiary/aromatic N) is 3. The molecule has 0 aliphatic carbocycles. The summed E-state index contributed by atoms with van der Waals surface area (Å²) >= 11 is 0. The standard InChI is InChI=1S/C22H22N4O7/c1-31-19-7-5-14(11-20(19)32-2)16(12-21(27)33-3)24-22(28)15-4-6-17(18(10-15)26(29)30)25-9-8-23-13-25/h4-11,13,16H,12H2,1-3H3,(H,24,28). The largest absolute Gasteiger partial charge is 0.493 e. The van der Waals surface area contributed by atoms with Crippen LogP contribution in [0.25, 0.3) is 5.69 Å². The lowest BCUT2D eigenvalue weighted by molar-refractivity contribution is -0.384. The number of esters is 1. The van der Waals surface area contributed by atoms with Crippen molar-refractivity contribution in [3.8, 4) is 17.2 Å². The molecule has 11 heteroatoms. The first kappa shape index (κ1) is 23.3. The molecule has 1 N–H and O–H groups in total. The fraction of sp³-hybridized carbons (Fsp3) is 0.227. The van der Waals surface area contributed by atoms with Crippen LogP contribution in [0.1, 0.15) is 28.4 Å². The molecular weight excluding hydrogens is 432 g/mol. The summed E-state index contributed by atoms with van der Waals surface area (Å²) in [7, 11) is 4.20. The van der Waals surface area contributed by atoms with Crippen molar-refractivity contribution >= 4 is 17.6 Å². The molecule has 11 nitrogen and oxygen atoms in total. The monoisotopic (exact) mass is 454 g/mol. The van der Waals surface area contributed by atoms with E-state index in [1.165, 1.54) is 56.6 Å². The lowest BCUT2D eigenvalue weighted by atomic mass is 10.0. The van der Waals surface area contributed by atoms with Crippen LogP contribution in [0.3, 0.4) is 0 Å². The van der Waals surface area contributed by atoms with Crippen molar-refractivity contribution in [2.24, 2.45) is 0 Å². The van der Waals surface area contributed by atoms with Crippen molar-refractivity contribution in [1.29, 1.82) is 0 Å². The molecule has 0 radical (unpaired) electrons. The number of imidazole rings is 1. The number of nitro benzene ring substituents is 1. The van der Waals surface area contributed by atoms with Gasteiger partial charge in [0.25, 0.3) is 11.6 Å². The summed E-state index contributed by atoms with van der Waals surface area (Å²) in [6.45, 7) is 0. The minimum atomic E-state index is -0.780. The van der Waals surface area contributed by atoms with Crippen molar-refractivity contribution in [2.45, 2.75) is 12.5 Å². The van der Waals surface area contributed by atoms with E-state index >= 15 is 0 Å². The number of carbonyl (C=O) groups excluding carboxylic acids is 2. The molecule has 1 amide bonds. The van der Waals surface area contributed by atoms with Gasteiger partial charge in [-0.1, -0.05) is 6.07 Å². The average molecular weight is 454 g/mol. The summed E-state index contributed by atoms with van der Waals surface area (Å²) in [5, 5.41) is 14.4. The Labute approximate surface area is 189 Å². The molecule has 0 fully saturated rings. The molecule has 0 saturated heterocycles. The van der Waals surface area contributed by atoms with Gasteiger partial charge in [0.15, 0.2) is 11.5 Å². The zero-order valence-corrected chi connectivity index (χ0v) is 18.2. The predicted octanol–water partition coefficient (Wildman–Crippen LogP) is 2.83. The van der Waals surface area contributed by atoms with E-state index in [1.807, 2.05) is 0 Å². The van der Waals surface area contributed by atoms with Gasteiger partial charge >= 0.3 is 5.97 Å². The van der Waals surface area contributed by atoms with Crippen molar-refractivity contribution in [3.05, 3.63) is 76.4 Å². The molecule has 0 aliphatic heterocycles. The van der Waals surface area contributed by atoms with E-state index in [9.17, 15) is 19.7 Å². The molecule has 3 aromatic rings. The van der Waals surface area contributed by atoms with E-state index in [0.29, 0.717) is 17.1 Å². The van der Waals surface area contributed by atoms with Gasteiger partial charge in [-0.25, -0.2) is 4.98 Å². The minimum Gasteiger partial charge on any atom is -0.493 e. The van der Waals surface area contributed by atoms with E-state index in [2.05, 4.69) is 10.3 Å². The molecule has 1 atom stereocenters. The van der Waals surface area contributed by atoms with Crippen molar-refractivity contribution < 1.29 is 28.7 Å². The van der Waals surface area contributed by atoms with Gasteiger partial charge in [-0.15, -0.1) is 0 Å². The first-order chi connectivity index (χ1) is 15.9. The van der Waals surface area contributed by atoms with Gasteiger partial charge in [-0.3, -0.25) is 19.7 Å². The number of hydrogen-bond donors (Lipinski definition) is 1. The number of aromatic nitrogens is 2. The second-order valence-electron chi connectivity index (χ2n) is 6.85. The van der Waals surface area contributed by atoms with Crippen LogP contribution < -0.4 is 14.8 Å². The third-order valence-electron chi connectivity index (χ3n) is 4.93. The molecule has 33 heavy (non-hydrogen) atoms. The normalized spacial score (nSPS) is 11.4. The topological polar surface area (TPSA) is 135 Å². The van der Waals surface area contributed by atoms with Gasteiger partial charge in [0.1, 0.15) is 5.69 Å². The molecule has 0 saturated carbocycles. The fourth-order valence-corrected chi connectivity index (χ4v) is 3.24. The van der Waals surface area contributed by atoms with Gasteiger partial charge in [-0.2, -0.15) is 0 Å². The van der Waals surface area contributed by atoms with E-state index < -0.39 is 22.8 Å². The number of carbonyl (C=O) groups is 2. The molecule has 0 bridgehead atoms. The molecule has 3 rings (SSSR count). The highest BCUT2D eigenvalue weighted by Gasteiger charge is 2.24. The van der Waals surface area contributed by atoms with Crippen molar-refractivity contribution in [1.82, 2.24) is 14.9 Å². The van der Waals surface area contributed by atoms with Crippen LogP contribution in [0.15, 0.2) is 55.1 Å². The molecule has 1 aromatic heterocycles. The van der Waals surface area contributed by atoms with Crippen LogP contribution in [0, 0.1) is 10.1 Å². The molecule has 0 spiro atoms. The number of nitro groups is 1. The fourth-order valence-electron chi connectivity index (χ4n) is 3.24. The van der Waals surface area contributed by atoms with Crippen LogP contribution in [0.5, 0.6) is 11.5 Å². The van der Waals surface area contributed by atoms with Crippen molar-refractivity contribution in [3.63, 3.8) is 0 Å². The molecule has 172 valence electrons. The molecule has 0 aliphatic rings. The Morgan fingerprint density at radius 2 is 1.88 bits per heavy atom. The number of ether oxygens (including phenoxy) is 3. The van der Waals surface area contributed by atoms with E-state index in [0.717, 1.165) is 0 Å². The summed E-state index contributed by atoms with van der Waals surface area (Å²) in [4.78, 5) is 39.9. The first-order valence-electron chi connectivity index (χ1n) is 9.74. The number of hydrogen-bond acceptors (Lipinski definition) is 8. The summed E-state index contributed by atoms with van der Waals surface area (Å²) in [6.07, 6.45) is 4.31. The number of methoxy groups -OCH3 is 3. The lowest BCUT2D eigenvalue weighted by Crippen LogP contribution is -2.30. The van der Waals surface area contributed by atoms with Gasteiger partial charge < -0.3 is 24.1 Å². The molecular formula is C22H22N4O7. The van der Waals surface area contributed by atoms with Gasteiger partial charge in [0, 0.05) is 24.0 Å². The van der Waals surface area contributed by atoms with E-state index in [4.69, 9.17) is 14.2 Å². The number of rotatable bonds is 9. The highest BCUT2D eigenvalue weighted by molar-refractivity contribution is 5.96. The smallest absolute Gasteiger partial charge is 0.307 e. The number of benzene rings is 2. The minimum absolute atomic E-state index is 0.0564. The van der Waals surface area contributed by atoms with Crippen LogP contribution in [-0.4, -0.2) is 47.7 Å². The van der Waals surface area contributed by atoms with Crippen molar-refractivity contribution in [2.75, 3.05) is 21.3 Å². The summed E-state index contributed by atoms with van der Waals surface area (Å²) in [6, 6.07) is 8.28. The number of amides is 1.